The van der Waals surface area contributed by atoms with Gasteiger partial charge in [-0.15, -0.1) is 23.1 Å². The molecule has 2 aliphatic rings. The first kappa shape index (κ1) is 8.71. The second-order valence-electron chi connectivity index (χ2n) is 3.47. The maximum Gasteiger partial charge on any atom is 0.178 e. The zero-order valence-electron chi connectivity index (χ0n) is 7.21. The molecule has 0 spiro atoms. The SMILES string of the molecule is O=C1c2ccsc2C(O)C2C=CSC12. The van der Waals surface area contributed by atoms with Crippen molar-refractivity contribution < 1.29 is 9.90 Å². The van der Waals surface area contributed by atoms with Gasteiger partial charge >= 0.3 is 0 Å². The van der Waals surface area contributed by atoms with E-state index in [0.29, 0.717) is 0 Å². The Balaban J connectivity index is 2.15. The minimum Gasteiger partial charge on any atom is -0.387 e. The first-order valence-electron chi connectivity index (χ1n) is 4.41. The summed E-state index contributed by atoms with van der Waals surface area (Å²) in [4.78, 5) is 12.8. The van der Waals surface area contributed by atoms with Gasteiger partial charge in [-0.1, -0.05) is 6.08 Å². The summed E-state index contributed by atoms with van der Waals surface area (Å²) in [5, 5.41) is 13.7. The molecule has 0 bridgehead atoms. The van der Waals surface area contributed by atoms with Crippen LogP contribution in [-0.4, -0.2) is 16.1 Å². The third-order valence-corrected chi connectivity index (χ3v) is 4.85. The molecule has 1 aliphatic heterocycles. The van der Waals surface area contributed by atoms with Crippen LogP contribution in [0, 0.1) is 5.92 Å². The van der Waals surface area contributed by atoms with Crippen LogP contribution in [0.3, 0.4) is 0 Å². The molecular formula is C10H8O2S2. The fourth-order valence-corrected chi connectivity index (χ4v) is 4.06. The van der Waals surface area contributed by atoms with Gasteiger partial charge in [-0.3, -0.25) is 4.79 Å². The summed E-state index contributed by atoms with van der Waals surface area (Å²) in [6, 6.07) is 1.82. The first-order valence-corrected chi connectivity index (χ1v) is 6.23. The molecule has 1 aliphatic carbocycles. The number of hydrogen-bond acceptors (Lipinski definition) is 4. The molecule has 1 aromatic heterocycles. The monoisotopic (exact) mass is 224 g/mol. The molecule has 3 atom stereocenters. The van der Waals surface area contributed by atoms with E-state index in [1.165, 1.54) is 23.1 Å². The van der Waals surface area contributed by atoms with E-state index < -0.39 is 6.10 Å². The number of Topliss-reactive ketones (excluding diaryl/α,β-unsaturated/α-hetero) is 1. The number of hydrogen-bond donors (Lipinski definition) is 1. The van der Waals surface area contributed by atoms with Crippen LogP contribution in [0.4, 0.5) is 0 Å². The first-order chi connectivity index (χ1) is 6.79. The molecular weight excluding hydrogens is 216 g/mol. The van der Waals surface area contributed by atoms with E-state index in [1.807, 2.05) is 22.9 Å². The summed E-state index contributed by atoms with van der Waals surface area (Å²) in [6.45, 7) is 0. The van der Waals surface area contributed by atoms with Gasteiger partial charge in [0, 0.05) is 16.4 Å². The average Bonchev–Trinajstić information content (AvgIpc) is 2.82. The number of ketones is 1. The fraction of sp³-hybridized carbons (Fsp3) is 0.300. The van der Waals surface area contributed by atoms with Crippen molar-refractivity contribution in [1.29, 1.82) is 0 Å². The minimum absolute atomic E-state index is 0.0151. The normalized spacial score (nSPS) is 34.4. The van der Waals surface area contributed by atoms with E-state index in [9.17, 15) is 9.90 Å². The second kappa shape index (κ2) is 2.95. The largest absolute Gasteiger partial charge is 0.387 e. The lowest BCUT2D eigenvalue weighted by Gasteiger charge is -2.27. The van der Waals surface area contributed by atoms with E-state index in [-0.39, 0.29) is 17.0 Å². The molecule has 0 aromatic carbocycles. The number of fused-ring (bicyclic) bond motifs is 2. The number of thioether (sulfide) groups is 1. The van der Waals surface area contributed by atoms with Crippen LogP contribution in [-0.2, 0) is 0 Å². The Hall–Kier alpha value is -0.580. The highest BCUT2D eigenvalue weighted by molar-refractivity contribution is 8.03. The van der Waals surface area contributed by atoms with Crippen molar-refractivity contribution in [3.05, 3.63) is 33.4 Å². The third kappa shape index (κ3) is 0.988. The van der Waals surface area contributed by atoms with Crippen LogP contribution in [0.5, 0.6) is 0 Å². The third-order valence-electron chi connectivity index (χ3n) is 2.73. The number of carbonyl (C=O) groups is 1. The minimum atomic E-state index is -0.487. The maximum absolute atomic E-state index is 11.9. The lowest BCUT2D eigenvalue weighted by atomic mass is 9.85. The van der Waals surface area contributed by atoms with Crippen LogP contribution in [0.1, 0.15) is 21.3 Å². The highest BCUT2D eigenvalue weighted by atomic mass is 32.2. The van der Waals surface area contributed by atoms with Crippen molar-refractivity contribution in [3.8, 4) is 0 Å². The molecule has 2 heterocycles. The topological polar surface area (TPSA) is 37.3 Å². The molecule has 3 rings (SSSR count). The highest BCUT2D eigenvalue weighted by Gasteiger charge is 2.43. The smallest absolute Gasteiger partial charge is 0.178 e. The van der Waals surface area contributed by atoms with E-state index in [4.69, 9.17) is 0 Å². The zero-order chi connectivity index (χ0) is 9.71. The number of rotatable bonds is 0. The van der Waals surface area contributed by atoms with E-state index in [0.717, 1.165) is 10.4 Å². The summed E-state index contributed by atoms with van der Waals surface area (Å²) in [6.07, 6.45) is 1.46. The Morgan fingerprint density at radius 2 is 2.29 bits per heavy atom. The Morgan fingerprint density at radius 1 is 1.43 bits per heavy atom. The molecule has 14 heavy (non-hydrogen) atoms. The van der Waals surface area contributed by atoms with Gasteiger partial charge in [0.1, 0.15) is 0 Å². The molecule has 0 radical (unpaired) electrons. The molecule has 0 amide bonds. The summed E-state index contributed by atoms with van der Waals surface area (Å²) < 4.78 is 0. The predicted octanol–water partition coefficient (Wildman–Crippen LogP) is 2.22. The average molecular weight is 224 g/mol. The van der Waals surface area contributed by atoms with Crippen LogP contribution >= 0.6 is 23.1 Å². The van der Waals surface area contributed by atoms with Gasteiger partial charge in [0.05, 0.1) is 11.4 Å². The van der Waals surface area contributed by atoms with Crippen molar-refractivity contribution in [3.63, 3.8) is 0 Å². The lowest BCUT2D eigenvalue weighted by molar-refractivity contribution is 0.0839. The molecule has 1 aromatic rings. The molecule has 4 heteroatoms. The number of aliphatic hydroxyl groups excluding tert-OH is 1. The Labute approximate surface area is 89.6 Å². The van der Waals surface area contributed by atoms with Crippen molar-refractivity contribution in [1.82, 2.24) is 0 Å². The second-order valence-corrected chi connectivity index (χ2v) is 5.47. The van der Waals surface area contributed by atoms with Crippen molar-refractivity contribution in [2.24, 2.45) is 5.92 Å². The van der Waals surface area contributed by atoms with Crippen LogP contribution < -0.4 is 0 Å². The predicted molar refractivity (Wildman–Crippen MR) is 57.6 cm³/mol. The van der Waals surface area contributed by atoms with Gasteiger partial charge in [0.2, 0.25) is 0 Å². The summed E-state index contributed by atoms with van der Waals surface area (Å²) in [5.41, 5.74) is 0.722. The standard InChI is InChI=1S/C10H8O2S2/c11-7-5-1-3-13-9(5)8(12)6-2-4-14-10(6)7/h1-5,7,9,11H. The van der Waals surface area contributed by atoms with Gasteiger partial charge < -0.3 is 5.11 Å². The van der Waals surface area contributed by atoms with Crippen LogP contribution in [0.25, 0.3) is 0 Å². The lowest BCUT2D eigenvalue weighted by Crippen LogP contribution is -2.32. The molecule has 72 valence electrons. The van der Waals surface area contributed by atoms with E-state index in [2.05, 4.69) is 0 Å². The number of aliphatic hydroxyl groups is 1. The Kier molecular flexibility index (Phi) is 1.84. The molecule has 3 unspecified atom stereocenters. The summed E-state index contributed by atoms with van der Waals surface area (Å²) in [5.74, 6) is 0.158. The highest BCUT2D eigenvalue weighted by Crippen LogP contribution is 2.46. The fourth-order valence-electron chi connectivity index (χ4n) is 2.00. The number of thiophene rings is 1. The van der Waals surface area contributed by atoms with Gasteiger partial charge in [0.15, 0.2) is 5.78 Å². The molecule has 0 fully saturated rings. The van der Waals surface area contributed by atoms with Crippen LogP contribution in [0.15, 0.2) is 22.9 Å². The Bertz CT molecular complexity index is 422. The van der Waals surface area contributed by atoms with Gasteiger partial charge in [-0.05, 0) is 16.9 Å². The van der Waals surface area contributed by atoms with Gasteiger partial charge in [-0.2, -0.15) is 0 Å². The van der Waals surface area contributed by atoms with Gasteiger partial charge in [0.25, 0.3) is 0 Å². The molecule has 0 saturated carbocycles. The number of carbonyl (C=O) groups excluding carboxylic acids is 1. The zero-order valence-corrected chi connectivity index (χ0v) is 8.85. The summed E-state index contributed by atoms with van der Waals surface area (Å²) in [7, 11) is 0. The van der Waals surface area contributed by atoms with E-state index in [1.54, 1.807) is 0 Å². The molecule has 2 nitrogen and oxygen atoms in total. The van der Waals surface area contributed by atoms with Crippen LogP contribution in [0.2, 0.25) is 0 Å². The van der Waals surface area contributed by atoms with Crippen molar-refractivity contribution >= 4 is 28.9 Å². The van der Waals surface area contributed by atoms with Crippen molar-refractivity contribution in [2.75, 3.05) is 0 Å². The van der Waals surface area contributed by atoms with Gasteiger partial charge in [-0.25, -0.2) is 0 Å². The quantitative estimate of drug-likeness (QED) is 0.734. The Morgan fingerprint density at radius 3 is 3.14 bits per heavy atom. The molecule has 0 saturated heterocycles. The summed E-state index contributed by atoms with van der Waals surface area (Å²) >= 11 is 2.99. The molecule has 1 N–H and O–H groups in total. The maximum atomic E-state index is 11.9. The van der Waals surface area contributed by atoms with Crippen molar-refractivity contribution in [2.45, 2.75) is 11.4 Å². The van der Waals surface area contributed by atoms with E-state index >= 15 is 0 Å².